The predicted octanol–water partition coefficient (Wildman–Crippen LogP) is 5.94. The van der Waals surface area contributed by atoms with Crippen molar-refractivity contribution in [2.24, 2.45) is 0 Å². The molecule has 0 heterocycles. The third-order valence-electron chi connectivity index (χ3n) is 4.01. The molecule has 0 N–H and O–H groups in total. The van der Waals surface area contributed by atoms with Gasteiger partial charge in [0.1, 0.15) is 5.60 Å². The average molecular weight is 431 g/mol. The number of carbonyl (C=O) groups is 2. The van der Waals surface area contributed by atoms with Crippen LogP contribution in [0, 0.1) is 5.82 Å². The van der Waals surface area contributed by atoms with Gasteiger partial charge < -0.3 is 9.47 Å². The maximum Gasteiger partial charge on any atom is 0.350 e. The molecule has 0 aliphatic carbocycles. The molecule has 0 amide bonds. The van der Waals surface area contributed by atoms with Crippen LogP contribution in [0.3, 0.4) is 0 Å². The van der Waals surface area contributed by atoms with Crippen molar-refractivity contribution in [2.75, 3.05) is 6.26 Å². The molecule has 0 atom stereocenters. The molecule has 0 aromatic heterocycles. The van der Waals surface area contributed by atoms with E-state index in [0.29, 0.717) is 11.1 Å². The van der Waals surface area contributed by atoms with E-state index in [2.05, 4.69) is 0 Å². The fourth-order valence-corrected chi connectivity index (χ4v) is 2.85. The van der Waals surface area contributed by atoms with Gasteiger partial charge in [0.2, 0.25) is 0 Å². The first-order valence-electron chi connectivity index (χ1n) is 9.50. The van der Waals surface area contributed by atoms with E-state index in [4.69, 9.17) is 9.47 Å². The standard InChI is InChI=1S/C24H27FO4S/c1-23(2,3)29-22(27)24(4,5)28-21-14-8-16(15-19(21)25)7-13-20(26)17-9-11-18(30-6)12-10-17/h7-15H,1-6H3. The quantitative estimate of drug-likeness (QED) is 0.235. The Hall–Kier alpha value is -2.60. The summed E-state index contributed by atoms with van der Waals surface area (Å²) in [5.41, 5.74) is -0.968. The fraction of sp³-hybridized carbons (Fsp3) is 0.333. The predicted molar refractivity (Wildman–Crippen MR) is 119 cm³/mol. The van der Waals surface area contributed by atoms with Gasteiger partial charge in [0, 0.05) is 10.5 Å². The molecule has 0 radical (unpaired) electrons. The molecule has 0 saturated carbocycles. The van der Waals surface area contributed by atoms with Crippen molar-refractivity contribution >= 4 is 29.6 Å². The number of benzene rings is 2. The summed E-state index contributed by atoms with van der Waals surface area (Å²) in [6, 6.07) is 11.6. The Morgan fingerprint density at radius 1 is 1.00 bits per heavy atom. The van der Waals surface area contributed by atoms with E-state index in [9.17, 15) is 14.0 Å². The van der Waals surface area contributed by atoms with Crippen LogP contribution in [0.25, 0.3) is 6.08 Å². The zero-order chi connectivity index (χ0) is 22.5. The van der Waals surface area contributed by atoms with Crippen molar-refractivity contribution in [1.82, 2.24) is 0 Å². The first kappa shape index (κ1) is 23.7. The van der Waals surface area contributed by atoms with Crippen molar-refractivity contribution in [3.63, 3.8) is 0 Å². The average Bonchev–Trinajstić information content (AvgIpc) is 2.66. The Bertz CT molecular complexity index is 941. The van der Waals surface area contributed by atoms with Crippen LogP contribution in [0.2, 0.25) is 0 Å². The van der Waals surface area contributed by atoms with E-state index in [1.165, 1.54) is 38.1 Å². The zero-order valence-electron chi connectivity index (χ0n) is 18.1. The number of thioether (sulfide) groups is 1. The van der Waals surface area contributed by atoms with Crippen LogP contribution >= 0.6 is 11.8 Å². The van der Waals surface area contributed by atoms with E-state index in [1.54, 1.807) is 50.7 Å². The van der Waals surface area contributed by atoms with Gasteiger partial charge in [0.05, 0.1) is 0 Å². The van der Waals surface area contributed by atoms with Crippen LogP contribution in [0.5, 0.6) is 5.75 Å². The molecule has 0 unspecified atom stereocenters. The van der Waals surface area contributed by atoms with Gasteiger partial charge in [-0.1, -0.05) is 12.1 Å². The smallest absolute Gasteiger partial charge is 0.350 e. The molecule has 0 aliphatic heterocycles. The SMILES string of the molecule is CSc1ccc(C(=O)C=Cc2ccc(OC(C)(C)C(=O)OC(C)(C)C)c(F)c2)cc1. The van der Waals surface area contributed by atoms with E-state index < -0.39 is 23.0 Å². The first-order valence-corrected chi connectivity index (χ1v) is 10.7. The number of rotatable bonds is 7. The highest BCUT2D eigenvalue weighted by Crippen LogP contribution is 2.26. The molecule has 30 heavy (non-hydrogen) atoms. The number of ether oxygens (including phenoxy) is 2. The highest BCUT2D eigenvalue weighted by Gasteiger charge is 2.35. The number of hydrogen-bond donors (Lipinski definition) is 0. The zero-order valence-corrected chi connectivity index (χ0v) is 18.9. The second-order valence-electron chi connectivity index (χ2n) is 8.23. The minimum absolute atomic E-state index is 0.0676. The number of hydrogen-bond acceptors (Lipinski definition) is 5. The summed E-state index contributed by atoms with van der Waals surface area (Å²) in [5, 5.41) is 0. The summed E-state index contributed by atoms with van der Waals surface area (Å²) < 4.78 is 25.4. The Labute approximate surface area is 181 Å². The van der Waals surface area contributed by atoms with Gasteiger partial charge in [0.15, 0.2) is 23.0 Å². The maximum absolute atomic E-state index is 14.5. The lowest BCUT2D eigenvalue weighted by atomic mass is 10.1. The molecular formula is C24H27FO4S. The van der Waals surface area contributed by atoms with Gasteiger partial charge in [-0.05, 0) is 88.9 Å². The van der Waals surface area contributed by atoms with Crippen molar-refractivity contribution in [2.45, 2.75) is 50.7 Å². The molecule has 2 rings (SSSR count). The lowest BCUT2D eigenvalue weighted by molar-refractivity contribution is -0.171. The highest BCUT2D eigenvalue weighted by atomic mass is 32.2. The minimum atomic E-state index is -1.36. The normalized spacial score (nSPS) is 12.1. The Morgan fingerprint density at radius 3 is 2.17 bits per heavy atom. The van der Waals surface area contributed by atoms with Gasteiger partial charge in [-0.3, -0.25) is 4.79 Å². The molecule has 0 aliphatic rings. The van der Waals surface area contributed by atoms with E-state index in [1.807, 2.05) is 18.4 Å². The monoisotopic (exact) mass is 430 g/mol. The van der Waals surface area contributed by atoms with Gasteiger partial charge in [-0.2, -0.15) is 0 Å². The second kappa shape index (κ2) is 9.47. The number of allylic oxidation sites excluding steroid dienone is 1. The van der Waals surface area contributed by atoms with Gasteiger partial charge >= 0.3 is 5.97 Å². The van der Waals surface area contributed by atoms with Crippen LogP contribution in [-0.2, 0) is 9.53 Å². The second-order valence-corrected chi connectivity index (χ2v) is 9.11. The van der Waals surface area contributed by atoms with Crippen LogP contribution < -0.4 is 4.74 Å². The van der Waals surface area contributed by atoms with Crippen LogP contribution in [0.15, 0.2) is 53.4 Å². The van der Waals surface area contributed by atoms with E-state index in [-0.39, 0.29) is 11.5 Å². The Balaban J connectivity index is 2.09. The molecule has 0 fully saturated rings. The summed E-state index contributed by atoms with van der Waals surface area (Å²) in [6.45, 7) is 8.30. The molecule has 0 bridgehead atoms. The molecule has 160 valence electrons. The molecular weight excluding hydrogens is 403 g/mol. The van der Waals surface area contributed by atoms with Crippen molar-refractivity contribution in [3.8, 4) is 5.75 Å². The highest BCUT2D eigenvalue weighted by molar-refractivity contribution is 7.98. The Kier molecular flexibility index (Phi) is 7.48. The third-order valence-corrected chi connectivity index (χ3v) is 4.76. The van der Waals surface area contributed by atoms with Gasteiger partial charge in [0.25, 0.3) is 0 Å². The Morgan fingerprint density at radius 2 is 1.63 bits per heavy atom. The molecule has 4 nitrogen and oxygen atoms in total. The van der Waals surface area contributed by atoms with Gasteiger partial charge in [-0.25, -0.2) is 9.18 Å². The molecule has 2 aromatic rings. The van der Waals surface area contributed by atoms with E-state index in [0.717, 1.165) is 4.90 Å². The van der Waals surface area contributed by atoms with Crippen LogP contribution in [0.4, 0.5) is 4.39 Å². The number of carbonyl (C=O) groups excluding carboxylic acids is 2. The summed E-state index contributed by atoms with van der Waals surface area (Å²) in [7, 11) is 0. The summed E-state index contributed by atoms with van der Waals surface area (Å²) in [6.07, 6.45) is 4.90. The van der Waals surface area contributed by atoms with Crippen LogP contribution in [-0.4, -0.2) is 29.2 Å². The number of halogens is 1. The number of ketones is 1. The van der Waals surface area contributed by atoms with Crippen molar-refractivity contribution in [3.05, 3.63) is 65.5 Å². The third kappa shape index (κ3) is 6.73. The molecule has 2 aromatic carbocycles. The lowest BCUT2D eigenvalue weighted by Crippen LogP contribution is -2.43. The van der Waals surface area contributed by atoms with Crippen molar-refractivity contribution < 1.29 is 23.5 Å². The minimum Gasteiger partial charge on any atom is -0.473 e. The summed E-state index contributed by atoms with van der Waals surface area (Å²) in [5.74, 6) is -1.46. The summed E-state index contributed by atoms with van der Waals surface area (Å²) >= 11 is 1.60. The lowest BCUT2D eigenvalue weighted by Gasteiger charge is -2.29. The maximum atomic E-state index is 14.5. The van der Waals surface area contributed by atoms with Crippen molar-refractivity contribution in [1.29, 1.82) is 0 Å². The molecule has 0 spiro atoms. The molecule has 0 saturated heterocycles. The molecule has 6 heteroatoms. The first-order chi connectivity index (χ1) is 13.9. The summed E-state index contributed by atoms with van der Waals surface area (Å²) in [4.78, 5) is 25.7. The van der Waals surface area contributed by atoms with Crippen LogP contribution in [0.1, 0.15) is 50.5 Å². The fourth-order valence-electron chi connectivity index (χ4n) is 2.44. The van der Waals surface area contributed by atoms with Gasteiger partial charge in [-0.15, -0.1) is 11.8 Å². The van der Waals surface area contributed by atoms with E-state index >= 15 is 0 Å². The topological polar surface area (TPSA) is 52.6 Å². The number of esters is 1. The largest absolute Gasteiger partial charge is 0.473 e.